The first-order chi connectivity index (χ1) is 28.6. The lowest BCUT2D eigenvalue weighted by atomic mass is 9.78. The lowest BCUT2D eigenvalue weighted by Gasteiger charge is -2.41. The topological polar surface area (TPSA) is 277 Å². The number of ether oxygens (including phenoxy) is 6. The number of phenolic OH excluding ortho intramolecular Hbond substituents is 3. The summed E-state index contributed by atoms with van der Waals surface area (Å²) in [5, 5.41) is 78.7. The number of carbonyl (C=O) groups excluding carboxylic acids is 4. The first kappa shape index (κ1) is 47.0. The Bertz CT molecular complexity index is 2130. The van der Waals surface area contributed by atoms with Crippen LogP contribution in [0.1, 0.15) is 74.7 Å². The Kier molecular flexibility index (Phi) is 14.2. The molecule has 61 heavy (non-hydrogen) atoms. The summed E-state index contributed by atoms with van der Waals surface area (Å²) in [4.78, 5) is 52.8. The molecule has 0 aliphatic carbocycles. The van der Waals surface area contributed by atoms with Gasteiger partial charge in [0.05, 0.1) is 53.4 Å². The van der Waals surface area contributed by atoms with Gasteiger partial charge in [0.25, 0.3) is 11.7 Å². The van der Waals surface area contributed by atoms with Crippen molar-refractivity contribution >= 4 is 40.4 Å². The lowest BCUT2D eigenvalue weighted by Crippen LogP contribution is -2.50. The normalized spacial score (nSPS) is 35.5. The van der Waals surface area contributed by atoms with Crippen molar-refractivity contribution in [2.45, 2.75) is 110 Å². The molecule has 1 amide bonds. The Hall–Kier alpha value is -5.08. The Labute approximate surface area is 352 Å². The van der Waals surface area contributed by atoms with E-state index in [0.717, 1.165) is 6.26 Å². The van der Waals surface area contributed by atoms with Gasteiger partial charge in [-0.15, -0.1) is 0 Å². The molecule has 5 bridgehead atoms. The number of anilines is 1. The quantitative estimate of drug-likeness (QED) is 0.0897. The standard InChI is InChI=1S/C43H55NO17/c1-17-11-10-12-18(2)41(55)44-30-24(15-45)33(50)27-28(35(30)52)32(49)21(5)39-29(27)40(54)43(8,61-39)57-14-13-25(56-9)19(3)37(58-23(7)47)22(6)38(20(4)31(17)48)60-42-36(53)34(51)26(16-46)59-42/h10-15,17,19-20,22,25-26,31,34,36-38,42,46,48-53H,16H2,1-9H3,(H,44,55)/b11-10+,14-13+,18-12-/t17-,19+,20+,22-,25-,26+,31-,34+,36+,37+,38+,42+,43-/m0/s1. The van der Waals surface area contributed by atoms with Crippen molar-refractivity contribution in [2.24, 2.45) is 23.7 Å². The highest BCUT2D eigenvalue weighted by Crippen LogP contribution is 2.55. The second-order valence-electron chi connectivity index (χ2n) is 16.1. The Morgan fingerprint density at radius 2 is 1.59 bits per heavy atom. The minimum Gasteiger partial charge on any atom is -0.507 e. The van der Waals surface area contributed by atoms with E-state index in [-0.39, 0.29) is 28.7 Å². The Morgan fingerprint density at radius 1 is 0.918 bits per heavy atom. The van der Waals surface area contributed by atoms with Crippen LogP contribution in [0, 0.1) is 30.6 Å². The third-order valence-electron chi connectivity index (χ3n) is 11.9. The average molecular weight is 858 g/mol. The summed E-state index contributed by atoms with van der Waals surface area (Å²) in [5.41, 5.74) is -1.46. The number of carbonyl (C=O) groups is 4. The van der Waals surface area contributed by atoms with Crippen LogP contribution in [0.5, 0.6) is 23.0 Å². The van der Waals surface area contributed by atoms with Crippen molar-refractivity contribution in [1.29, 1.82) is 0 Å². The second kappa shape index (κ2) is 18.5. The summed E-state index contributed by atoms with van der Waals surface area (Å²) in [6.07, 6.45) is -2.79. The number of rotatable bonds is 6. The van der Waals surface area contributed by atoms with Crippen LogP contribution >= 0.6 is 0 Å². The number of aldehydes is 1. The Balaban J connectivity index is 1.67. The number of hydrogen-bond acceptors (Lipinski definition) is 17. The van der Waals surface area contributed by atoms with Crippen molar-refractivity contribution in [3.63, 3.8) is 0 Å². The third-order valence-corrected chi connectivity index (χ3v) is 11.9. The van der Waals surface area contributed by atoms with Gasteiger partial charge in [-0.1, -0.05) is 45.9 Å². The van der Waals surface area contributed by atoms with Crippen LogP contribution in [-0.4, -0.2) is 128 Å². The summed E-state index contributed by atoms with van der Waals surface area (Å²) in [7, 11) is 1.38. The molecule has 334 valence electrons. The molecule has 0 radical (unpaired) electrons. The summed E-state index contributed by atoms with van der Waals surface area (Å²) < 4.78 is 35.6. The second-order valence-corrected chi connectivity index (χ2v) is 16.1. The van der Waals surface area contributed by atoms with E-state index in [4.69, 9.17) is 28.4 Å². The number of methoxy groups -OCH3 is 1. The highest BCUT2D eigenvalue weighted by molar-refractivity contribution is 6.23. The van der Waals surface area contributed by atoms with Gasteiger partial charge in [-0.25, -0.2) is 0 Å². The van der Waals surface area contributed by atoms with Crippen LogP contribution in [0.25, 0.3) is 10.8 Å². The smallest absolute Gasteiger partial charge is 0.312 e. The van der Waals surface area contributed by atoms with Crippen molar-refractivity contribution in [1.82, 2.24) is 0 Å². The zero-order chi connectivity index (χ0) is 45.4. The highest BCUT2D eigenvalue weighted by atomic mass is 16.7. The Morgan fingerprint density at radius 3 is 2.18 bits per heavy atom. The van der Waals surface area contributed by atoms with Crippen LogP contribution in [0.15, 0.2) is 36.1 Å². The first-order valence-electron chi connectivity index (χ1n) is 19.8. The summed E-state index contributed by atoms with van der Waals surface area (Å²) >= 11 is 0. The van der Waals surface area contributed by atoms with Crippen LogP contribution in [0.3, 0.4) is 0 Å². The fraction of sp³-hybridized carbons (Fsp3) is 0.535. The number of aliphatic hydroxyl groups excluding tert-OH is 4. The van der Waals surface area contributed by atoms with Crippen LogP contribution < -0.4 is 10.1 Å². The SMILES string of the molecule is CO[C@H]1/C=C/O[C@@]2(C)Oc3c(C)c(O)c4c(O)c(c(C=O)c(O)c4c3C2=O)NC(=O)/C(C)=C\C=C\[C@H](C)[C@H](O)[C@@H](C)[C@@H](O[C@H]2O[C@H](CO)[C@@H](O)[C@H]2O)[C@@H](C)[C@H](OC(C)=O)[C@@H]1C. The van der Waals surface area contributed by atoms with E-state index in [1.54, 1.807) is 33.8 Å². The molecule has 2 aromatic rings. The molecule has 0 aromatic heterocycles. The molecule has 18 nitrogen and oxygen atoms in total. The molecule has 2 aromatic carbocycles. The van der Waals surface area contributed by atoms with E-state index >= 15 is 0 Å². The number of fused-ring (bicyclic) bond motifs is 14. The van der Waals surface area contributed by atoms with Gasteiger partial charge >= 0.3 is 11.8 Å². The number of ketones is 1. The van der Waals surface area contributed by atoms with Gasteiger partial charge in [0.15, 0.2) is 18.3 Å². The molecular weight excluding hydrogens is 802 g/mol. The van der Waals surface area contributed by atoms with Crippen LogP contribution in [-0.2, 0) is 33.3 Å². The molecule has 1 saturated heterocycles. The maximum Gasteiger partial charge on any atom is 0.312 e. The number of nitrogens with one attached hydrogen (secondary N) is 1. The number of phenols is 3. The summed E-state index contributed by atoms with van der Waals surface area (Å²) in [6, 6.07) is 0. The molecule has 0 spiro atoms. The van der Waals surface area contributed by atoms with E-state index in [0.29, 0.717) is 0 Å². The van der Waals surface area contributed by atoms with Crippen LogP contribution in [0.2, 0.25) is 0 Å². The predicted molar refractivity (Wildman–Crippen MR) is 216 cm³/mol. The van der Waals surface area contributed by atoms with E-state index in [2.05, 4.69) is 5.32 Å². The molecule has 18 heteroatoms. The molecule has 4 aliphatic rings. The van der Waals surface area contributed by atoms with Crippen LogP contribution in [0.4, 0.5) is 5.69 Å². The van der Waals surface area contributed by atoms with E-state index < -0.39 is 142 Å². The monoisotopic (exact) mass is 857 g/mol. The first-order valence-corrected chi connectivity index (χ1v) is 19.8. The molecule has 1 fully saturated rings. The number of aliphatic hydroxyl groups is 4. The molecular formula is C43H55NO17. The number of esters is 1. The number of aromatic hydroxyl groups is 3. The number of Topliss-reactive ketones (excluding diaryl/α,β-unsaturated/α-hetero) is 1. The highest BCUT2D eigenvalue weighted by Gasteiger charge is 2.51. The van der Waals surface area contributed by atoms with Crippen molar-refractivity contribution < 1.29 is 83.3 Å². The number of hydrogen-bond donors (Lipinski definition) is 8. The van der Waals surface area contributed by atoms with Gasteiger partial charge in [0, 0.05) is 61.2 Å². The molecule has 4 aliphatic heterocycles. The van der Waals surface area contributed by atoms with Crippen molar-refractivity contribution in [3.8, 4) is 23.0 Å². The predicted octanol–water partition coefficient (Wildman–Crippen LogP) is 3.03. The van der Waals surface area contributed by atoms with E-state index in [1.165, 1.54) is 53.0 Å². The van der Waals surface area contributed by atoms with Gasteiger partial charge in [0.1, 0.15) is 41.7 Å². The van der Waals surface area contributed by atoms with Crippen molar-refractivity contribution in [3.05, 3.63) is 52.8 Å². The fourth-order valence-electron chi connectivity index (χ4n) is 8.23. The third kappa shape index (κ3) is 8.71. The molecule has 8 N–H and O–H groups in total. The maximum atomic E-state index is 14.2. The number of amides is 1. The number of allylic oxidation sites excluding steroid dienone is 2. The minimum atomic E-state index is -2.14. The van der Waals surface area contributed by atoms with Gasteiger partial charge in [-0.05, 0) is 19.9 Å². The van der Waals surface area contributed by atoms with Gasteiger partial charge < -0.3 is 69.5 Å². The molecule has 4 heterocycles. The largest absolute Gasteiger partial charge is 0.507 e. The van der Waals surface area contributed by atoms with Gasteiger partial charge in [0.2, 0.25) is 0 Å². The summed E-state index contributed by atoms with van der Waals surface area (Å²) in [5.74, 6) is -10.0. The van der Waals surface area contributed by atoms with E-state index in [1.807, 2.05) is 0 Å². The lowest BCUT2D eigenvalue weighted by molar-refractivity contribution is -0.231. The molecule has 0 saturated carbocycles. The zero-order valence-electron chi connectivity index (χ0n) is 35.3. The molecule has 6 rings (SSSR count). The molecule has 13 atom stereocenters. The maximum absolute atomic E-state index is 14.2. The zero-order valence-corrected chi connectivity index (χ0v) is 35.3. The minimum absolute atomic E-state index is 0.0365. The fourth-order valence-corrected chi connectivity index (χ4v) is 8.23. The summed E-state index contributed by atoms with van der Waals surface area (Å²) in [6.45, 7) is 11.4. The van der Waals surface area contributed by atoms with Gasteiger partial charge in [-0.2, -0.15) is 0 Å². The number of benzene rings is 2. The average Bonchev–Trinajstić information content (AvgIpc) is 3.65. The van der Waals surface area contributed by atoms with E-state index in [9.17, 15) is 54.9 Å². The molecule has 0 unspecified atom stereocenters. The van der Waals surface area contributed by atoms with Gasteiger partial charge in [-0.3, -0.25) is 19.2 Å². The van der Waals surface area contributed by atoms with Crippen molar-refractivity contribution in [2.75, 3.05) is 19.0 Å².